The van der Waals surface area contributed by atoms with Gasteiger partial charge in [0.1, 0.15) is 0 Å². The van der Waals surface area contributed by atoms with Crippen molar-refractivity contribution in [3.8, 4) is 0 Å². The average Bonchev–Trinajstić information content (AvgIpc) is 3.18. The van der Waals surface area contributed by atoms with Crippen molar-refractivity contribution in [2.45, 2.75) is 32.1 Å². The van der Waals surface area contributed by atoms with Gasteiger partial charge in [-0.25, -0.2) is 9.50 Å². The molecular weight excluding hydrogens is 334 g/mol. The van der Waals surface area contributed by atoms with E-state index in [0.29, 0.717) is 30.9 Å². The summed E-state index contributed by atoms with van der Waals surface area (Å²) in [6.45, 7) is 3.63. The lowest BCUT2D eigenvalue weighted by Crippen LogP contribution is -2.43. The zero-order valence-electron chi connectivity index (χ0n) is 15.1. The van der Waals surface area contributed by atoms with Gasteiger partial charge < -0.3 is 9.80 Å². The average molecular weight is 357 g/mol. The minimum absolute atomic E-state index is 0.0355. The Morgan fingerprint density at radius 3 is 2.81 bits per heavy atom. The monoisotopic (exact) mass is 357 g/mol. The molecule has 2 amide bonds. The van der Waals surface area contributed by atoms with Crippen molar-refractivity contribution in [3.05, 3.63) is 33.9 Å². The SMILES string of the molecule is Cc1cc(=O)n2[nH]c(C3CCCN(C(=O)C4CC(=O)N(C)C4)C3)cc2n1. The molecule has 0 aromatic carbocycles. The van der Waals surface area contributed by atoms with Gasteiger partial charge in [-0.05, 0) is 19.8 Å². The summed E-state index contributed by atoms with van der Waals surface area (Å²) in [5.41, 5.74) is 2.10. The second-order valence-corrected chi connectivity index (χ2v) is 7.44. The Kier molecular flexibility index (Phi) is 4.05. The number of rotatable bonds is 2. The van der Waals surface area contributed by atoms with Gasteiger partial charge in [-0.3, -0.25) is 19.5 Å². The maximum atomic E-state index is 12.8. The Balaban J connectivity index is 1.54. The zero-order valence-corrected chi connectivity index (χ0v) is 15.1. The van der Waals surface area contributed by atoms with Crippen LogP contribution in [0.5, 0.6) is 0 Å². The van der Waals surface area contributed by atoms with E-state index in [1.165, 1.54) is 10.6 Å². The lowest BCUT2D eigenvalue weighted by molar-refractivity contribution is -0.137. The topological polar surface area (TPSA) is 90.8 Å². The molecule has 4 rings (SSSR count). The number of H-pyrrole nitrogens is 1. The lowest BCUT2D eigenvalue weighted by atomic mass is 9.93. The predicted octanol–water partition coefficient (Wildman–Crippen LogP) is 0.515. The summed E-state index contributed by atoms with van der Waals surface area (Å²) in [4.78, 5) is 44.5. The molecule has 0 radical (unpaired) electrons. The van der Waals surface area contributed by atoms with Crippen LogP contribution in [0.2, 0.25) is 0 Å². The number of likely N-dealkylation sites (tertiary alicyclic amines) is 2. The Morgan fingerprint density at radius 1 is 1.27 bits per heavy atom. The van der Waals surface area contributed by atoms with Crippen LogP contribution in [0.3, 0.4) is 0 Å². The van der Waals surface area contributed by atoms with E-state index in [2.05, 4.69) is 10.1 Å². The number of hydrogen-bond donors (Lipinski definition) is 1. The van der Waals surface area contributed by atoms with E-state index >= 15 is 0 Å². The van der Waals surface area contributed by atoms with Crippen LogP contribution in [0.25, 0.3) is 5.65 Å². The van der Waals surface area contributed by atoms with Gasteiger partial charge >= 0.3 is 0 Å². The highest BCUT2D eigenvalue weighted by atomic mass is 16.2. The quantitative estimate of drug-likeness (QED) is 0.848. The highest BCUT2D eigenvalue weighted by Crippen LogP contribution is 2.28. The number of fused-ring (bicyclic) bond motifs is 1. The molecule has 8 nitrogen and oxygen atoms in total. The molecule has 4 heterocycles. The molecule has 2 unspecified atom stereocenters. The Labute approximate surface area is 150 Å². The lowest BCUT2D eigenvalue weighted by Gasteiger charge is -2.33. The van der Waals surface area contributed by atoms with Gasteiger partial charge in [0.2, 0.25) is 11.8 Å². The molecule has 0 aliphatic carbocycles. The molecule has 1 N–H and O–H groups in total. The first-order valence-corrected chi connectivity index (χ1v) is 9.04. The first kappa shape index (κ1) is 16.8. The third kappa shape index (κ3) is 2.89. The van der Waals surface area contributed by atoms with Gasteiger partial charge in [-0.2, -0.15) is 0 Å². The molecule has 2 atom stereocenters. The fourth-order valence-electron chi connectivity index (χ4n) is 4.06. The van der Waals surface area contributed by atoms with Crippen LogP contribution >= 0.6 is 0 Å². The van der Waals surface area contributed by atoms with Gasteiger partial charge in [-0.1, -0.05) is 0 Å². The fourth-order valence-corrected chi connectivity index (χ4v) is 4.06. The van der Waals surface area contributed by atoms with Gasteiger partial charge in [0, 0.05) is 62.5 Å². The minimum atomic E-state index is -0.235. The van der Waals surface area contributed by atoms with E-state index in [4.69, 9.17) is 0 Å². The van der Waals surface area contributed by atoms with Crippen LogP contribution in [-0.4, -0.2) is 62.9 Å². The fraction of sp³-hybridized carbons (Fsp3) is 0.556. The number of carbonyl (C=O) groups is 2. The molecule has 2 aliphatic heterocycles. The summed E-state index contributed by atoms with van der Waals surface area (Å²) in [6, 6.07) is 3.40. The number of carbonyl (C=O) groups excluding carboxylic acids is 2. The summed E-state index contributed by atoms with van der Waals surface area (Å²) in [5, 5.41) is 3.15. The van der Waals surface area contributed by atoms with Gasteiger partial charge in [0.05, 0.1) is 5.92 Å². The third-order valence-corrected chi connectivity index (χ3v) is 5.46. The molecule has 138 valence electrons. The minimum Gasteiger partial charge on any atom is -0.345 e. The van der Waals surface area contributed by atoms with Gasteiger partial charge in [0.25, 0.3) is 5.56 Å². The zero-order chi connectivity index (χ0) is 18.4. The van der Waals surface area contributed by atoms with E-state index < -0.39 is 0 Å². The Bertz CT molecular complexity index is 931. The van der Waals surface area contributed by atoms with Crippen molar-refractivity contribution < 1.29 is 9.59 Å². The van der Waals surface area contributed by atoms with Crippen molar-refractivity contribution in [1.29, 1.82) is 0 Å². The molecule has 2 aromatic rings. The van der Waals surface area contributed by atoms with Gasteiger partial charge in [-0.15, -0.1) is 0 Å². The number of nitrogens with zero attached hydrogens (tertiary/aromatic N) is 4. The smallest absolute Gasteiger partial charge is 0.272 e. The maximum Gasteiger partial charge on any atom is 0.272 e. The second-order valence-electron chi connectivity index (χ2n) is 7.44. The van der Waals surface area contributed by atoms with Crippen molar-refractivity contribution in [2.24, 2.45) is 5.92 Å². The van der Waals surface area contributed by atoms with Gasteiger partial charge in [0.15, 0.2) is 5.65 Å². The molecule has 0 saturated carbocycles. The highest BCUT2D eigenvalue weighted by molar-refractivity contribution is 5.89. The van der Waals surface area contributed by atoms with E-state index in [9.17, 15) is 14.4 Å². The van der Waals surface area contributed by atoms with Crippen molar-refractivity contribution >= 4 is 17.5 Å². The van der Waals surface area contributed by atoms with Crippen LogP contribution in [0.15, 0.2) is 16.9 Å². The number of amides is 2. The number of aromatic amines is 1. The highest BCUT2D eigenvalue weighted by Gasteiger charge is 2.36. The van der Waals surface area contributed by atoms with Crippen LogP contribution in [0.1, 0.15) is 36.6 Å². The van der Waals surface area contributed by atoms with E-state index in [0.717, 1.165) is 25.1 Å². The molecule has 0 spiro atoms. The normalized spacial score (nSPS) is 23.8. The standard InChI is InChI=1S/C18H23N5O3/c1-11-6-17(25)23-15(19-11)8-14(20-23)12-4-3-5-22(10-12)18(26)13-7-16(24)21(2)9-13/h6,8,12-13,20H,3-5,7,9-10H2,1-2H3. The van der Waals surface area contributed by atoms with Crippen LogP contribution in [0, 0.1) is 12.8 Å². The van der Waals surface area contributed by atoms with Crippen molar-refractivity contribution in [2.75, 3.05) is 26.7 Å². The van der Waals surface area contributed by atoms with Crippen LogP contribution in [0.4, 0.5) is 0 Å². The van der Waals surface area contributed by atoms with E-state index in [1.54, 1.807) is 18.9 Å². The maximum absolute atomic E-state index is 12.8. The number of aryl methyl sites for hydroxylation is 1. The largest absolute Gasteiger partial charge is 0.345 e. The summed E-state index contributed by atoms with van der Waals surface area (Å²) in [6.07, 6.45) is 2.17. The molecule has 2 aliphatic rings. The molecular formula is C18H23N5O3. The summed E-state index contributed by atoms with van der Waals surface area (Å²) in [5.74, 6) is 0.00725. The summed E-state index contributed by atoms with van der Waals surface area (Å²) >= 11 is 0. The van der Waals surface area contributed by atoms with Crippen LogP contribution < -0.4 is 5.56 Å². The third-order valence-electron chi connectivity index (χ3n) is 5.46. The molecule has 8 heteroatoms. The molecule has 2 saturated heterocycles. The second kappa shape index (κ2) is 6.26. The van der Waals surface area contributed by atoms with Crippen LogP contribution in [-0.2, 0) is 9.59 Å². The number of piperidine rings is 1. The first-order valence-electron chi connectivity index (χ1n) is 9.04. The molecule has 2 aromatic heterocycles. The van der Waals surface area contributed by atoms with Crippen molar-refractivity contribution in [3.63, 3.8) is 0 Å². The summed E-state index contributed by atoms with van der Waals surface area (Å²) < 4.78 is 1.45. The van der Waals surface area contributed by atoms with Crippen molar-refractivity contribution in [1.82, 2.24) is 24.4 Å². The molecule has 0 bridgehead atoms. The number of hydrogen-bond acceptors (Lipinski definition) is 4. The first-order chi connectivity index (χ1) is 12.4. The predicted molar refractivity (Wildman–Crippen MR) is 94.8 cm³/mol. The van der Waals surface area contributed by atoms with E-state index in [1.807, 2.05) is 11.0 Å². The number of nitrogens with one attached hydrogen (secondary N) is 1. The Morgan fingerprint density at radius 2 is 2.08 bits per heavy atom. The molecule has 26 heavy (non-hydrogen) atoms. The molecule has 2 fully saturated rings. The number of aromatic nitrogens is 3. The Hall–Kier alpha value is -2.64. The van der Waals surface area contributed by atoms with E-state index in [-0.39, 0.29) is 29.2 Å². The summed E-state index contributed by atoms with van der Waals surface area (Å²) in [7, 11) is 1.74.